The molecule has 1 rings (SSSR count). The normalized spacial score (nSPS) is 27.3. The van der Waals surface area contributed by atoms with Crippen LogP contribution < -0.4 is 0 Å². The van der Waals surface area contributed by atoms with E-state index in [0.29, 0.717) is 0 Å². The molecular formula is C9H16O2S. The fourth-order valence-electron chi connectivity index (χ4n) is 2.04. The molecule has 0 spiro atoms. The predicted molar refractivity (Wildman–Crippen MR) is 51.5 cm³/mol. The number of thioether (sulfide) groups is 1. The minimum absolute atomic E-state index is 0.0336. The van der Waals surface area contributed by atoms with Crippen LogP contribution >= 0.6 is 11.8 Å². The highest BCUT2D eigenvalue weighted by atomic mass is 32.2. The van der Waals surface area contributed by atoms with Crippen molar-refractivity contribution in [3.8, 4) is 0 Å². The van der Waals surface area contributed by atoms with Crippen LogP contribution in [0.3, 0.4) is 0 Å². The molecule has 2 nitrogen and oxygen atoms in total. The number of rotatable bonds is 3. The first-order valence-corrected chi connectivity index (χ1v) is 5.51. The average Bonchev–Trinajstić information content (AvgIpc) is 2.48. The van der Waals surface area contributed by atoms with Crippen molar-refractivity contribution in [3.05, 3.63) is 0 Å². The van der Waals surface area contributed by atoms with E-state index in [2.05, 4.69) is 13.8 Å². The molecule has 0 bridgehead atoms. The Morgan fingerprint density at radius 1 is 1.58 bits per heavy atom. The van der Waals surface area contributed by atoms with Gasteiger partial charge in [-0.1, -0.05) is 13.8 Å². The summed E-state index contributed by atoms with van der Waals surface area (Å²) in [5, 5.41) is 9.00. The molecule has 70 valence electrons. The van der Waals surface area contributed by atoms with Crippen LogP contribution in [0.1, 0.15) is 33.1 Å². The molecule has 0 aromatic rings. The van der Waals surface area contributed by atoms with Crippen molar-refractivity contribution in [1.82, 2.24) is 0 Å². The Balaban J connectivity index is 2.78. The number of carboxylic acid groups (broad SMARTS) is 1. The first-order chi connectivity index (χ1) is 5.66. The monoisotopic (exact) mass is 188 g/mol. The number of carbonyl (C=O) groups is 1. The Bertz CT molecular complexity index is 175. The maximum atomic E-state index is 10.9. The van der Waals surface area contributed by atoms with Gasteiger partial charge in [-0.15, -0.1) is 0 Å². The van der Waals surface area contributed by atoms with E-state index < -0.39 is 5.97 Å². The van der Waals surface area contributed by atoms with Crippen molar-refractivity contribution >= 4 is 17.7 Å². The highest BCUT2D eigenvalue weighted by molar-refractivity contribution is 8.00. The van der Waals surface area contributed by atoms with Crippen LogP contribution in [0.2, 0.25) is 0 Å². The maximum Gasteiger partial charge on any atom is 0.307 e. The second-order valence-electron chi connectivity index (χ2n) is 3.30. The third-order valence-corrected chi connectivity index (χ3v) is 4.80. The van der Waals surface area contributed by atoms with Gasteiger partial charge >= 0.3 is 5.97 Å². The van der Waals surface area contributed by atoms with Crippen LogP contribution in [-0.4, -0.2) is 21.6 Å². The molecule has 1 aliphatic heterocycles. The van der Waals surface area contributed by atoms with Crippen LogP contribution in [-0.2, 0) is 4.79 Å². The van der Waals surface area contributed by atoms with E-state index in [0.717, 1.165) is 25.0 Å². The SMILES string of the molecule is CCC1(CC)SCCC1C(=O)O. The van der Waals surface area contributed by atoms with E-state index in [4.69, 9.17) is 5.11 Å². The lowest BCUT2D eigenvalue weighted by atomic mass is 9.85. The molecule has 1 atom stereocenters. The van der Waals surface area contributed by atoms with Gasteiger partial charge in [0.05, 0.1) is 5.92 Å². The van der Waals surface area contributed by atoms with E-state index >= 15 is 0 Å². The summed E-state index contributed by atoms with van der Waals surface area (Å²) >= 11 is 1.85. The Hall–Kier alpha value is -0.180. The zero-order chi connectivity index (χ0) is 9.19. The molecule has 1 saturated heterocycles. The summed E-state index contributed by atoms with van der Waals surface area (Å²) in [5.41, 5.74) is 0. The van der Waals surface area contributed by atoms with Crippen LogP contribution in [0, 0.1) is 5.92 Å². The fourth-order valence-corrected chi connectivity index (χ4v) is 3.63. The highest BCUT2D eigenvalue weighted by Crippen LogP contribution is 2.47. The lowest BCUT2D eigenvalue weighted by molar-refractivity contribution is -0.142. The predicted octanol–water partition coefficient (Wildman–Crippen LogP) is 2.38. The zero-order valence-corrected chi connectivity index (χ0v) is 8.49. The standard InChI is InChI=1S/C9H16O2S/c1-3-9(4-2)7(8(10)11)5-6-12-9/h7H,3-6H2,1-2H3,(H,10,11). The van der Waals surface area contributed by atoms with Crippen LogP contribution in [0.4, 0.5) is 0 Å². The van der Waals surface area contributed by atoms with E-state index in [9.17, 15) is 4.79 Å². The molecule has 1 unspecified atom stereocenters. The maximum absolute atomic E-state index is 10.9. The van der Waals surface area contributed by atoms with E-state index in [1.54, 1.807) is 0 Å². The molecule has 0 aliphatic carbocycles. The van der Waals surface area contributed by atoms with Crippen molar-refractivity contribution in [3.63, 3.8) is 0 Å². The third-order valence-electron chi connectivity index (χ3n) is 2.93. The third kappa shape index (κ3) is 1.47. The molecule has 3 heteroatoms. The van der Waals surface area contributed by atoms with Gasteiger partial charge in [-0.3, -0.25) is 4.79 Å². The lowest BCUT2D eigenvalue weighted by Crippen LogP contribution is -2.34. The summed E-state index contributed by atoms with van der Waals surface area (Å²) in [4.78, 5) is 10.9. The van der Waals surface area contributed by atoms with Gasteiger partial charge in [0.1, 0.15) is 0 Å². The number of aliphatic carboxylic acids is 1. The van der Waals surface area contributed by atoms with Crippen LogP contribution in [0.15, 0.2) is 0 Å². The van der Waals surface area contributed by atoms with Gasteiger partial charge < -0.3 is 5.11 Å². The number of carboxylic acids is 1. The number of hydrogen-bond donors (Lipinski definition) is 1. The molecule has 0 amide bonds. The average molecular weight is 188 g/mol. The Morgan fingerprint density at radius 2 is 2.17 bits per heavy atom. The van der Waals surface area contributed by atoms with Crippen molar-refractivity contribution < 1.29 is 9.90 Å². The van der Waals surface area contributed by atoms with Crippen LogP contribution in [0.5, 0.6) is 0 Å². The first kappa shape index (κ1) is 9.90. The largest absolute Gasteiger partial charge is 0.481 e. The second kappa shape index (κ2) is 3.69. The van der Waals surface area contributed by atoms with Gasteiger partial charge in [-0.2, -0.15) is 11.8 Å². The van der Waals surface area contributed by atoms with E-state index in [1.165, 1.54) is 0 Å². The van der Waals surface area contributed by atoms with Gasteiger partial charge in [0, 0.05) is 4.75 Å². The second-order valence-corrected chi connectivity index (χ2v) is 4.81. The lowest BCUT2D eigenvalue weighted by Gasteiger charge is -2.29. The fraction of sp³-hybridized carbons (Fsp3) is 0.889. The highest BCUT2D eigenvalue weighted by Gasteiger charge is 2.44. The van der Waals surface area contributed by atoms with Crippen molar-refractivity contribution in [2.45, 2.75) is 37.9 Å². The topological polar surface area (TPSA) is 37.3 Å². The van der Waals surface area contributed by atoms with Crippen molar-refractivity contribution in [1.29, 1.82) is 0 Å². The molecule has 1 N–H and O–H groups in total. The first-order valence-electron chi connectivity index (χ1n) is 4.53. The van der Waals surface area contributed by atoms with Gasteiger partial charge in [-0.05, 0) is 25.0 Å². The quantitative estimate of drug-likeness (QED) is 0.739. The molecule has 0 saturated carbocycles. The Labute approximate surface area is 77.7 Å². The molecule has 0 aromatic heterocycles. The zero-order valence-electron chi connectivity index (χ0n) is 7.67. The Kier molecular flexibility index (Phi) is 3.04. The minimum Gasteiger partial charge on any atom is -0.481 e. The van der Waals surface area contributed by atoms with Crippen LogP contribution in [0.25, 0.3) is 0 Å². The molecule has 1 fully saturated rings. The summed E-state index contributed by atoms with van der Waals surface area (Å²) in [7, 11) is 0. The summed E-state index contributed by atoms with van der Waals surface area (Å²) in [5.74, 6) is 0.291. The Morgan fingerprint density at radius 3 is 2.50 bits per heavy atom. The van der Waals surface area contributed by atoms with Gasteiger partial charge in [0.15, 0.2) is 0 Å². The minimum atomic E-state index is -0.608. The summed E-state index contributed by atoms with van der Waals surface area (Å²) in [6.45, 7) is 4.19. The molecule has 1 heterocycles. The molecule has 1 aliphatic rings. The summed E-state index contributed by atoms with van der Waals surface area (Å²) < 4.78 is 0.0336. The van der Waals surface area contributed by atoms with Crippen molar-refractivity contribution in [2.24, 2.45) is 5.92 Å². The van der Waals surface area contributed by atoms with E-state index in [1.807, 2.05) is 11.8 Å². The summed E-state index contributed by atoms with van der Waals surface area (Å²) in [6, 6.07) is 0. The molecular weight excluding hydrogens is 172 g/mol. The van der Waals surface area contributed by atoms with Gasteiger partial charge in [0.2, 0.25) is 0 Å². The molecule has 0 radical (unpaired) electrons. The van der Waals surface area contributed by atoms with Gasteiger partial charge in [0.25, 0.3) is 0 Å². The summed E-state index contributed by atoms with van der Waals surface area (Å²) in [6.07, 6.45) is 2.80. The van der Waals surface area contributed by atoms with E-state index in [-0.39, 0.29) is 10.7 Å². The number of hydrogen-bond acceptors (Lipinski definition) is 2. The molecule has 0 aromatic carbocycles. The van der Waals surface area contributed by atoms with Gasteiger partial charge in [-0.25, -0.2) is 0 Å². The van der Waals surface area contributed by atoms with Crippen molar-refractivity contribution in [2.75, 3.05) is 5.75 Å². The molecule has 12 heavy (non-hydrogen) atoms. The smallest absolute Gasteiger partial charge is 0.307 e.